The molecule has 2 aromatic carbocycles. The second-order valence-corrected chi connectivity index (χ2v) is 7.16. The van der Waals surface area contributed by atoms with Gasteiger partial charge in [0.25, 0.3) is 0 Å². The lowest BCUT2D eigenvalue weighted by Crippen LogP contribution is -2.47. The molecule has 1 saturated heterocycles. The van der Waals surface area contributed by atoms with E-state index in [2.05, 4.69) is 4.90 Å². The quantitative estimate of drug-likeness (QED) is 0.733. The molecule has 0 aliphatic carbocycles. The Labute approximate surface area is 167 Å². The van der Waals surface area contributed by atoms with Crippen LogP contribution in [0.2, 0.25) is 5.02 Å². The molecule has 0 bridgehead atoms. The van der Waals surface area contributed by atoms with Crippen LogP contribution in [0.1, 0.15) is 11.1 Å². The number of ether oxygens (including phenoxy) is 2. The SMILES string of the molecule is O=C(C=Cc1c(F)cccc1Cl)N1CCN(Cc2ccc3c(c2)OCO3)CC1. The van der Waals surface area contributed by atoms with Gasteiger partial charge < -0.3 is 14.4 Å². The second-order valence-electron chi connectivity index (χ2n) is 6.76. The summed E-state index contributed by atoms with van der Waals surface area (Å²) in [6, 6.07) is 10.4. The molecule has 0 spiro atoms. The standard InChI is InChI=1S/C21H20ClFN2O3/c22-17-2-1-3-18(23)16(17)5-7-21(26)25-10-8-24(9-11-25)13-15-4-6-19-20(12-15)28-14-27-19/h1-7,12H,8-11,13-14H2. The van der Waals surface area contributed by atoms with Gasteiger partial charge in [0, 0.05) is 44.4 Å². The summed E-state index contributed by atoms with van der Waals surface area (Å²) in [6.45, 7) is 3.85. The summed E-state index contributed by atoms with van der Waals surface area (Å²) in [7, 11) is 0. The minimum absolute atomic E-state index is 0.137. The molecule has 0 aromatic heterocycles. The molecule has 0 saturated carbocycles. The number of fused-ring (bicyclic) bond motifs is 1. The Hall–Kier alpha value is -2.57. The van der Waals surface area contributed by atoms with Crippen molar-refractivity contribution < 1.29 is 18.7 Å². The number of piperazine rings is 1. The average Bonchev–Trinajstić information content (AvgIpc) is 3.16. The number of benzene rings is 2. The monoisotopic (exact) mass is 402 g/mol. The third kappa shape index (κ3) is 4.13. The maximum absolute atomic E-state index is 13.8. The molecule has 0 radical (unpaired) electrons. The Balaban J connectivity index is 1.31. The first-order valence-electron chi connectivity index (χ1n) is 9.12. The van der Waals surface area contributed by atoms with Gasteiger partial charge >= 0.3 is 0 Å². The third-order valence-corrected chi connectivity index (χ3v) is 5.25. The van der Waals surface area contributed by atoms with Crippen LogP contribution in [-0.2, 0) is 11.3 Å². The summed E-state index contributed by atoms with van der Waals surface area (Å²) >= 11 is 5.99. The van der Waals surface area contributed by atoms with E-state index >= 15 is 0 Å². The zero-order valence-corrected chi connectivity index (χ0v) is 16.0. The highest BCUT2D eigenvalue weighted by atomic mass is 35.5. The van der Waals surface area contributed by atoms with Gasteiger partial charge in [-0.05, 0) is 35.9 Å². The number of halogens is 2. The van der Waals surface area contributed by atoms with Crippen molar-refractivity contribution in [2.75, 3.05) is 33.0 Å². The Kier molecular flexibility index (Phi) is 5.50. The van der Waals surface area contributed by atoms with Crippen LogP contribution in [0.3, 0.4) is 0 Å². The topological polar surface area (TPSA) is 42.0 Å². The summed E-state index contributed by atoms with van der Waals surface area (Å²) in [5, 5.41) is 0.289. The smallest absolute Gasteiger partial charge is 0.246 e. The van der Waals surface area contributed by atoms with Crippen molar-refractivity contribution >= 4 is 23.6 Å². The summed E-state index contributed by atoms with van der Waals surface area (Å²) in [4.78, 5) is 16.5. The first-order valence-corrected chi connectivity index (χ1v) is 9.50. The van der Waals surface area contributed by atoms with E-state index in [0.29, 0.717) is 13.1 Å². The Bertz CT molecular complexity index is 890. The lowest BCUT2D eigenvalue weighted by molar-refractivity contribution is -0.127. The molecule has 1 amide bonds. The van der Waals surface area contributed by atoms with Gasteiger partial charge in [-0.3, -0.25) is 9.69 Å². The van der Waals surface area contributed by atoms with Crippen LogP contribution in [0.5, 0.6) is 11.5 Å². The zero-order chi connectivity index (χ0) is 19.5. The molecule has 7 heteroatoms. The van der Waals surface area contributed by atoms with E-state index in [1.54, 1.807) is 11.0 Å². The maximum atomic E-state index is 13.8. The summed E-state index contributed by atoms with van der Waals surface area (Å²) < 4.78 is 24.6. The molecule has 2 aliphatic rings. The van der Waals surface area contributed by atoms with E-state index in [1.165, 1.54) is 24.3 Å². The van der Waals surface area contributed by atoms with Gasteiger partial charge in [-0.2, -0.15) is 0 Å². The third-order valence-electron chi connectivity index (χ3n) is 4.92. The van der Waals surface area contributed by atoms with E-state index < -0.39 is 5.82 Å². The second kappa shape index (κ2) is 8.20. The van der Waals surface area contributed by atoms with E-state index in [4.69, 9.17) is 21.1 Å². The Morgan fingerprint density at radius 3 is 2.68 bits per heavy atom. The largest absolute Gasteiger partial charge is 0.454 e. The van der Waals surface area contributed by atoms with Gasteiger partial charge in [0.05, 0.1) is 5.02 Å². The number of rotatable bonds is 4. The summed E-state index contributed by atoms with van der Waals surface area (Å²) in [5.74, 6) is 0.983. The number of carbonyl (C=O) groups excluding carboxylic acids is 1. The van der Waals surface area contributed by atoms with Gasteiger partial charge in [-0.1, -0.05) is 23.7 Å². The van der Waals surface area contributed by atoms with Crippen LogP contribution in [0.15, 0.2) is 42.5 Å². The van der Waals surface area contributed by atoms with Crippen molar-refractivity contribution in [2.45, 2.75) is 6.54 Å². The lowest BCUT2D eigenvalue weighted by Gasteiger charge is -2.34. The molecule has 146 valence electrons. The predicted octanol–water partition coefficient (Wildman–Crippen LogP) is 3.57. The van der Waals surface area contributed by atoms with E-state index in [-0.39, 0.29) is 23.3 Å². The van der Waals surface area contributed by atoms with Crippen LogP contribution in [-0.4, -0.2) is 48.7 Å². The molecular weight excluding hydrogens is 383 g/mol. The molecule has 2 aliphatic heterocycles. The first-order chi connectivity index (χ1) is 13.6. The molecule has 2 heterocycles. The highest BCUT2D eigenvalue weighted by Gasteiger charge is 2.21. The fourth-order valence-corrected chi connectivity index (χ4v) is 3.58. The molecule has 28 heavy (non-hydrogen) atoms. The Morgan fingerprint density at radius 1 is 1.11 bits per heavy atom. The fourth-order valence-electron chi connectivity index (χ4n) is 3.35. The number of hydrogen-bond donors (Lipinski definition) is 0. The number of nitrogens with zero attached hydrogens (tertiary/aromatic N) is 2. The van der Waals surface area contributed by atoms with E-state index in [0.717, 1.165) is 36.7 Å². The van der Waals surface area contributed by atoms with Crippen LogP contribution >= 0.6 is 11.6 Å². The van der Waals surface area contributed by atoms with Crippen LogP contribution in [0.25, 0.3) is 6.08 Å². The molecule has 4 rings (SSSR count). The average molecular weight is 403 g/mol. The van der Waals surface area contributed by atoms with Crippen LogP contribution in [0, 0.1) is 5.82 Å². The van der Waals surface area contributed by atoms with Crippen molar-refractivity contribution in [2.24, 2.45) is 0 Å². The molecule has 0 atom stereocenters. The predicted molar refractivity (Wildman–Crippen MR) is 105 cm³/mol. The molecule has 0 unspecified atom stereocenters. The van der Waals surface area contributed by atoms with Gasteiger partial charge in [-0.25, -0.2) is 4.39 Å². The summed E-state index contributed by atoms with van der Waals surface area (Å²) in [5.41, 5.74) is 1.39. The van der Waals surface area contributed by atoms with Gasteiger partial charge in [-0.15, -0.1) is 0 Å². The molecule has 0 N–H and O–H groups in total. The van der Waals surface area contributed by atoms with Gasteiger partial charge in [0.15, 0.2) is 11.5 Å². The van der Waals surface area contributed by atoms with Crippen molar-refractivity contribution in [1.29, 1.82) is 0 Å². The molecule has 2 aromatic rings. The number of amides is 1. The van der Waals surface area contributed by atoms with Crippen molar-refractivity contribution in [3.05, 3.63) is 64.4 Å². The van der Waals surface area contributed by atoms with E-state index in [9.17, 15) is 9.18 Å². The van der Waals surface area contributed by atoms with Gasteiger partial charge in [0.2, 0.25) is 12.7 Å². The minimum atomic E-state index is -0.440. The molecule has 1 fully saturated rings. The van der Waals surface area contributed by atoms with Crippen molar-refractivity contribution in [3.63, 3.8) is 0 Å². The fraction of sp³-hybridized carbons (Fsp3) is 0.286. The van der Waals surface area contributed by atoms with Gasteiger partial charge in [0.1, 0.15) is 5.82 Å². The highest BCUT2D eigenvalue weighted by molar-refractivity contribution is 6.32. The highest BCUT2D eigenvalue weighted by Crippen LogP contribution is 2.32. The summed E-state index contributed by atoms with van der Waals surface area (Å²) in [6.07, 6.45) is 2.83. The molecule has 5 nitrogen and oxygen atoms in total. The Morgan fingerprint density at radius 2 is 1.89 bits per heavy atom. The van der Waals surface area contributed by atoms with Crippen molar-refractivity contribution in [1.82, 2.24) is 9.80 Å². The van der Waals surface area contributed by atoms with E-state index in [1.807, 2.05) is 18.2 Å². The normalized spacial score (nSPS) is 16.7. The van der Waals surface area contributed by atoms with Crippen molar-refractivity contribution in [3.8, 4) is 11.5 Å². The molecular formula is C21H20ClFN2O3. The zero-order valence-electron chi connectivity index (χ0n) is 15.2. The lowest BCUT2D eigenvalue weighted by atomic mass is 10.1. The van der Waals surface area contributed by atoms with Crippen LogP contribution in [0.4, 0.5) is 4.39 Å². The van der Waals surface area contributed by atoms with Crippen LogP contribution < -0.4 is 9.47 Å². The first kappa shape index (κ1) is 18.8. The maximum Gasteiger partial charge on any atom is 0.246 e. The number of hydrogen-bond acceptors (Lipinski definition) is 4. The number of carbonyl (C=O) groups is 1. The minimum Gasteiger partial charge on any atom is -0.454 e.